The van der Waals surface area contributed by atoms with E-state index in [1.807, 2.05) is 31.2 Å². The molecule has 2 aromatic rings. The Kier molecular flexibility index (Phi) is 6.55. The van der Waals surface area contributed by atoms with Crippen LogP contribution in [0.5, 0.6) is 0 Å². The molecule has 1 atom stereocenters. The number of guanidine groups is 2. The van der Waals surface area contributed by atoms with Gasteiger partial charge in [-0.15, -0.1) is 12.4 Å². The fourth-order valence-electron chi connectivity index (χ4n) is 3.58. The maximum Gasteiger partial charge on any atom is 0.222 e. The number of benzene rings is 2. The van der Waals surface area contributed by atoms with Gasteiger partial charge in [0.1, 0.15) is 0 Å². The van der Waals surface area contributed by atoms with E-state index in [-0.39, 0.29) is 18.4 Å². The number of aryl methyl sites for hydroxylation is 2. The van der Waals surface area contributed by atoms with Gasteiger partial charge in [-0.3, -0.25) is 4.90 Å². The number of aliphatic imine (C=N–C) groups is 2. The van der Waals surface area contributed by atoms with E-state index in [0.717, 1.165) is 48.8 Å². The van der Waals surface area contributed by atoms with E-state index in [0.29, 0.717) is 5.02 Å². The van der Waals surface area contributed by atoms with Crippen LogP contribution in [0.4, 0.5) is 11.4 Å². The van der Waals surface area contributed by atoms with E-state index in [4.69, 9.17) is 17.3 Å². The number of hydrogen-bond donors (Lipinski definition) is 2. The number of nitrogens with one attached hydrogen (secondary N) is 1. The molecule has 2 aromatic carbocycles. The van der Waals surface area contributed by atoms with Crippen LogP contribution in [0.15, 0.2) is 52.4 Å². The predicted molar refractivity (Wildman–Crippen MR) is 124 cm³/mol. The third-order valence-electron chi connectivity index (χ3n) is 5.07. The van der Waals surface area contributed by atoms with E-state index >= 15 is 0 Å². The van der Waals surface area contributed by atoms with Gasteiger partial charge >= 0.3 is 0 Å². The molecule has 1 unspecified atom stereocenters. The summed E-state index contributed by atoms with van der Waals surface area (Å²) in [5.41, 5.74) is 10.2. The molecule has 2 aliphatic heterocycles. The molecule has 0 aliphatic carbocycles. The Morgan fingerprint density at radius 2 is 1.86 bits per heavy atom. The highest BCUT2D eigenvalue weighted by Crippen LogP contribution is 2.27. The van der Waals surface area contributed by atoms with Crippen LogP contribution in [0.25, 0.3) is 0 Å². The molecular formula is C21H26Cl2N6. The molecule has 0 spiro atoms. The van der Waals surface area contributed by atoms with E-state index in [1.165, 1.54) is 5.56 Å². The lowest BCUT2D eigenvalue weighted by molar-refractivity contribution is 0.497. The molecule has 6 nitrogen and oxygen atoms in total. The predicted octanol–water partition coefficient (Wildman–Crippen LogP) is 4.36. The number of hydrogen-bond acceptors (Lipinski definition) is 6. The largest absolute Gasteiger partial charge is 0.368 e. The average Bonchev–Trinajstić information content (AvgIpc) is 3.19. The molecule has 0 amide bonds. The van der Waals surface area contributed by atoms with Crippen molar-refractivity contribution in [1.82, 2.24) is 4.90 Å². The highest BCUT2D eigenvalue weighted by atomic mass is 35.5. The monoisotopic (exact) mass is 432 g/mol. The van der Waals surface area contributed by atoms with Crippen molar-refractivity contribution in [3.63, 3.8) is 0 Å². The zero-order valence-electron chi connectivity index (χ0n) is 16.6. The first-order chi connectivity index (χ1) is 13.5. The van der Waals surface area contributed by atoms with Gasteiger partial charge < -0.3 is 16.0 Å². The van der Waals surface area contributed by atoms with Crippen molar-refractivity contribution in [2.45, 2.75) is 33.0 Å². The van der Waals surface area contributed by atoms with Gasteiger partial charge in [0.25, 0.3) is 0 Å². The van der Waals surface area contributed by atoms with Crippen LogP contribution in [0.3, 0.4) is 0 Å². The zero-order chi connectivity index (χ0) is 19.7. The van der Waals surface area contributed by atoms with Crippen LogP contribution >= 0.6 is 24.0 Å². The smallest absolute Gasteiger partial charge is 0.222 e. The van der Waals surface area contributed by atoms with Crippen LogP contribution in [-0.4, -0.2) is 36.2 Å². The Balaban J connectivity index is 0.00000240. The van der Waals surface area contributed by atoms with Gasteiger partial charge in [0.05, 0.1) is 0 Å². The van der Waals surface area contributed by atoms with E-state index in [9.17, 15) is 0 Å². The third kappa shape index (κ3) is 4.60. The summed E-state index contributed by atoms with van der Waals surface area (Å²) in [5.74, 6) is 1.12. The van der Waals surface area contributed by atoms with Crippen LogP contribution in [0.1, 0.15) is 24.0 Å². The Morgan fingerprint density at radius 1 is 1.10 bits per heavy atom. The highest BCUT2D eigenvalue weighted by Gasteiger charge is 2.32. The molecule has 2 aliphatic rings. The summed E-state index contributed by atoms with van der Waals surface area (Å²) in [6.07, 6.45) is 1.90. The van der Waals surface area contributed by atoms with Crippen LogP contribution in [-0.2, 0) is 0 Å². The first-order valence-electron chi connectivity index (χ1n) is 9.57. The summed E-state index contributed by atoms with van der Waals surface area (Å²) in [6.45, 7) is 6.01. The minimum Gasteiger partial charge on any atom is -0.368 e. The lowest BCUT2D eigenvalue weighted by atomic mass is 10.2. The topological polar surface area (TPSA) is 69.2 Å². The molecule has 0 saturated carbocycles. The Labute approximate surface area is 182 Å². The summed E-state index contributed by atoms with van der Waals surface area (Å²) >= 11 is 6.32. The van der Waals surface area contributed by atoms with Crippen molar-refractivity contribution in [2.75, 3.05) is 23.3 Å². The standard InChI is InChI=1S/C21H25ClN6.ClH/c1-14-6-5-7-17(12-14)28-20(24-16-9-8-15(2)18(22)13-16)25-19(23)26-21(28)27-10-3-4-11-27;/h5-9,12-13,20,24H,3-4,10-11H2,1-2H3,(H2,23,25);1H. The number of nitrogens with two attached hydrogens (primary N) is 1. The van der Waals surface area contributed by atoms with Gasteiger partial charge in [-0.25, -0.2) is 4.99 Å². The van der Waals surface area contributed by atoms with Gasteiger partial charge in [0.15, 0.2) is 0 Å². The summed E-state index contributed by atoms with van der Waals surface area (Å²) in [5, 5.41) is 4.18. The Bertz CT molecular complexity index is 937. The molecule has 154 valence electrons. The fraction of sp³-hybridized carbons (Fsp3) is 0.333. The normalized spacial score (nSPS) is 18.8. The molecule has 3 N–H and O–H groups in total. The number of likely N-dealkylation sites (tertiary alicyclic amines) is 1. The quantitative estimate of drug-likeness (QED) is 0.755. The lowest BCUT2D eigenvalue weighted by Gasteiger charge is -2.38. The summed E-state index contributed by atoms with van der Waals surface area (Å²) in [4.78, 5) is 13.6. The summed E-state index contributed by atoms with van der Waals surface area (Å²) in [7, 11) is 0. The van der Waals surface area contributed by atoms with Crippen molar-refractivity contribution in [3.8, 4) is 0 Å². The minimum absolute atomic E-state index is 0. The summed E-state index contributed by atoms with van der Waals surface area (Å²) < 4.78 is 0. The number of rotatable bonds is 3. The third-order valence-corrected chi connectivity index (χ3v) is 5.47. The Morgan fingerprint density at radius 3 is 2.55 bits per heavy atom. The first kappa shape index (κ1) is 21.3. The number of nitrogens with zero attached hydrogens (tertiary/aromatic N) is 4. The van der Waals surface area contributed by atoms with Gasteiger partial charge in [0.2, 0.25) is 18.2 Å². The lowest BCUT2D eigenvalue weighted by Crippen LogP contribution is -2.54. The second kappa shape index (κ2) is 8.93. The molecule has 29 heavy (non-hydrogen) atoms. The molecule has 2 heterocycles. The van der Waals surface area contributed by atoms with Gasteiger partial charge in [-0.1, -0.05) is 29.8 Å². The van der Waals surface area contributed by atoms with Crippen molar-refractivity contribution in [2.24, 2.45) is 15.7 Å². The molecular weight excluding hydrogens is 407 g/mol. The molecule has 1 fully saturated rings. The zero-order valence-corrected chi connectivity index (χ0v) is 18.2. The van der Waals surface area contributed by atoms with Crippen molar-refractivity contribution in [1.29, 1.82) is 0 Å². The molecule has 1 saturated heterocycles. The number of halogens is 2. The van der Waals surface area contributed by atoms with Gasteiger partial charge in [0, 0.05) is 29.5 Å². The van der Waals surface area contributed by atoms with Crippen LogP contribution in [0.2, 0.25) is 5.02 Å². The average molecular weight is 433 g/mol. The van der Waals surface area contributed by atoms with Crippen LogP contribution < -0.4 is 16.0 Å². The summed E-state index contributed by atoms with van der Waals surface area (Å²) in [6, 6.07) is 14.3. The minimum atomic E-state index is -0.409. The van der Waals surface area contributed by atoms with Crippen molar-refractivity contribution < 1.29 is 0 Å². The maximum absolute atomic E-state index is 6.32. The van der Waals surface area contributed by atoms with Crippen molar-refractivity contribution in [3.05, 3.63) is 58.6 Å². The van der Waals surface area contributed by atoms with Gasteiger partial charge in [-0.2, -0.15) is 4.99 Å². The fourth-order valence-corrected chi connectivity index (χ4v) is 3.76. The SMILES string of the molecule is Cc1cccc(N2C(N3CCCC3)=NC(N)=NC2Nc2ccc(C)c(Cl)c2)c1.Cl. The van der Waals surface area contributed by atoms with E-state index in [2.05, 4.69) is 50.2 Å². The maximum atomic E-state index is 6.32. The molecule has 8 heteroatoms. The molecule has 4 rings (SSSR count). The van der Waals surface area contributed by atoms with Crippen molar-refractivity contribution >= 4 is 47.3 Å². The van der Waals surface area contributed by atoms with Gasteiger partial charge in [-0.05, 0) is 62.1 Å². The molecule has 0 radical (unpaired) electrons. The highest BCUT2D eigenvalue weighted by molar-refractivity contribution is 6.31. The Hall–Kier alpha value is -2.44. The molecule has 0 bridgehead atoms. The van der Waals surface area contributed by atoms with E-state index in [1.54, 1.807) is 0 Å². The number of anilines is 2. The molecule has 0 aromatic heterocycles. The second-order valence-electron chi connectivity index (χ2n) is 7.28. The van der Waals surface area contributed by atoms with E-state index < -0.39 is 6.29 Å². The first-order valence-corrected chi connectivity index (χ1v) is 9.94. The van der Waals surface area contributed by atoms with Crippen LogP contribution in [0, 0.1) is 13.8 Å². The second-order valence-corrected chi connectivity index (χ2v) is 7.69.